The van der Waals surface area contributed by atoms with Gasteiger partial charge in [-0.05, 0) is 12.3 Å². The Morgan fingerprint density at radius 3 is 2.72 bits per heavy atom. The van der Waals surface area contributed by atoms with E-state index in [4.69, 9.17) is 9.47 Å². The molecule has 18 heavy (non-hydrogen) atoms. The van der Waals surface area contributed by atoms with Crippen molar-refractivity contribution in [3.05, 3.63) is 0 Å². The summed E-state index contributed by atoms with van der Waals surface area (Å²) in [6.07, 6.45) is 3.03. The summed E-state index contributed by atoms with van der Waals surface area (Å²) in [7, 11) is 1.38. The highest BCUT2D eigenvalue weighted by Gasteiger charge is 2.47. The van der Waals surface area contributed by atoms with Crippen molar-refractivity contribution in [2.75, 3.05) is 13.7 Å². The van der Waals surface area contributed by atoms with E-state index in [9.17, 15) is 9.90 Å². The number of carbonyl (C=O) groups excluding carboxylic acids is 1. The predicted octanol–water partition coefficient (Wildman–Crippen LogP) is 2.14. The molecule has 1 rings (SSSR count). The number of ether oxygens (including phenoxy) is 2. The number of carbonyl (C=O) groups is 1. The molecule has 0 aliphatic carbocycles. The third-order valence-electron chi connectivity index (χ3n) is 3.78. The average molecular weight is 258 g/mol. The lowest BCUT2D eigenvalue weighted by Gasteiger charge is -2.42. The smallest absolute Gasteiger partial charge is 0.311 e. The highest BCUT2D eigenvalue weighted by Crippen LogP contribution is 2.37. The van der Waals surface area contributed by atoms with Gasteiger partial charge in [0, 0.05) is 19.4 Å². The lowest BCUT2D eigenvalue weighted by molar-refractivity contribution is -0.176. The zero-order valence-corrected chi connectivity index (χ0v) is 11.9. The summed E-state index contributed by atoms with van der Waals surface area (Å²) in [5.74, 6) is -0.724. The van der Waals surface area contributed by atoms with Gasteiger partial charge in [-0.2, -0.15) is 0 Å². The van der Waals surface area contributed by atoms with Crippen LogP contribution in [-0.2, 0) is 14.3 Å². The van der Waals surface area contributed by atoms with Crippen molar-refractivity contribution in [1.82, 2.24) is 0 Å². The van der Waals surface area contributed by atoms with Gasteiger partial charge in [0.2, 0.25) is 0 Å². The first kappa shape index (κ1) is 15.4. The molecule has 0 amide bonds. The third kappa shape index (κ3) is 3.45. The first-order chi connectivity index (χ1) is 8.44. The van der Waals surface area contributed by atoms with Crippen LogP contribution in [0.15, 0.2) is 0 Å². The monoisotopic (exact) mass is 258 g/mol. The molecule has 0 spiro atoms. The number of methoxy groups -OCH3 is 1. The Balaban J connectivity index is 2.83. The number of esters is 1. The fraction of sp³-hybridized carbons (Fsp3) is 0.929. The molecule has 4 heteroatoms. The molecule has 1 saturated heterocycles. The maximum Gasteiger partial charge on any atom is 0.311 e. The van der Waals surface area contributed by atoms with Gasteiger partial charge in [0.25, 0.3) is 0 Å². The van der Waals surface area contributed by atoms with Crippen molar-refractivity contribution >= 4 is 5.97 Å². The van der Waals surface area contributed by atoms with E-state index in [0.29, 0.717) is 19.4 Å². The van der Waals surface area contributed by atoms with Crippen LogP contribution < -0.4 is 0 Å². The van der Waals surface area contributed by atoms with E-state index in [0.717, 1.165) is 12.8 Å². The van der Waals surface area contributed by atoms with Gasteiger partial charge in [-0.1, -0.05) is 27.2 Å². The van der Waals surface area contributed by atoms with E-state index in [1.807, 2.05) is 13.8 Å². The fourth-order valence-electron chi connectivity index (χ4n) is 2.99. The second kappa shape index (κ2) is 6.53. The molecule has 0 bridgehead atoms. The van der Waals surface area contributed by atoms with Gasteiger partial charge in [0.15, 0.2) is 0 Å². The highest BCUT2D eigenvalue weighted by molar-refractivity contribution is 5.74. The molecule has 0 radical (unpaired) electrons. The van der Waals surface area contributed by atoms with Gasteiger partial charge in [-0.3, -0.25) is 4.79 Å². The van der Waals surface area contributed by atoms with Crippen LogP contribution in [0.4, 0.5) is 0 Å². The Labute approximate surface area is 110 Å². The highest BCUT2D eigenvalue weighted by atomic mass is 16.5. The molecule has 0 aromatic rings. The first-order valence-electron chi connectivity index (χ1n) is 6.86. The zero-order valence-electron chi connectivity index (χ0n) is 11.9. The predicted molar refractivity (Wildman–Crippen MR) is 69.2 cm³/mol. The van der Waals surface area contributed by atoms with Gasteiger partial charge in [0.1, 0.15) is 0 Å². The number of rotatable bonds is 5. The Bertz CT molecular complexity index is 275. The Hall–Kier alpha value is -0.610. The molecule has 1 heterocycles. The van der Waals surface area contributed by atoms with E-state index in [-0.39, 0.29) is 18.0 Å². The van der Waals surface area contributed by atoms with Crippen molar-refractivity contribution in [3.63, 3.8) is 0 Å². The second-order valence-electron chi connectivity index (χ2n) is 5.58. The van der Waals surface area contributed by atoms with Crippen LogP contribution in [0, 0.1) is 11.8 Å². The van der Waals surface area contributed by atoms with Crippen LogP contribution in [0.2, 0.25) is 0 Å². The fourth-order valence-corrected chi connectivity index (χ4v) is 2.99. The molecule has 106 valence electrons. The molecule has 4 nitrogen and oxygen atoms in total. The minimum atomic E-state index is -0.987. The SMILES string of the molecule is CCCC1CC(O)(C(C(=O)OC)C(C)C)CCO1. The van der Waals surface area contributed by atoms with E-state index >= 15 is 0 Å². The normalized spacial score (nSPS) is 30.2. The number of hydrogen-bond acceptors (Lipinski definition) is 4. The van der Waals surface area contributed by atoms with Crippen LogP contribution in [0.1, 0.15) is 46.5 Å². The van der Waals surface area contributed by atoms with Crippen LogP contribution >= 0.6 is 0 Å². The van der Waals surface area contributed by atoms with Gasteiger partial charge in [-0.25, -0.2) is 0 Å². The van der Waals surface area contributed by atoms with Crippen LogP contribution in [0.3, 0.4) is 0 Å². The van der Waals surface area contributed by atoms with Crippen LogP contribution in [-0.4, -0.2) is 36.5 Å². The lowest BCUT2D eigenvalue weighted by atomic mass is 9.73. The van der Waals surface area contributed by atoms with Crippen molar-refractivity contribution in [1.29, 1.82) is 0 Å². The topological polar surface area (TPSA) is 55.8 Å². The molecule has 1 fully saturated rings. The second-order valence-corrected chi connectivity index (χ2v) is 5.58. The summed E-state index contributed by atoms with van der Waals surface area (Å²) >= 11 is 0. The molecule has 3 unspecified atom stereocenters. The average Bonchev–Trinajstić information content (AvgIpc) is 2.28. The summed E-state index contributed by atoms with van der Waals surface area (Å²) in [5.41, 5.74) is -0.987. The molecular formula is C14H26O4. The molecule has 0 aromatic heterocycles. The summed E-state index contributed by atoms with van der Waals surface area (Å²) in [6, 6.07) is 0. The van der Waals surface area contributed by atoms with Crippen molar-refractivity contribution in [3.8, 4) is 0 Å². The zero-order chi connectivity index (χ0) is 13.8. The van der Waals surface area contributed by atoms with Crippen LogP contribution in [0.5, 0.6) is 0 Å². The maximum absolute atomic E-state index is 11.9. The van der Waals surface area contributed by atoms with E-state index in [2.05, 4.69) is 6.92 Å². The van der Waals surface area contributed by atoms with Crippen molar-refractivity contribution in [2.24, 2.45) is 11.8 Å². The molecule has 0 aromatic carbocycles. The molecule has 1 aliphatic rings. The molecule has 0 saturated carbocycles. The number of hydrogen-bond donors (Lipinski definition) is 1. The van der Waals surface area contributed by atoms with E-state index in [1.54, 1.807) is 0 Å². The van der Waals surface area contributed by atoms with Crippen molar-refractivity contribution < 1.29 is 19.4 Å². The molecule has 3 atom stereocenters. The van der Waals surface area contributed by atoms with E-state index in [1.165, 1.54) is 7.11 Å². The summed E-state index contributed by atoms with van der Waals surface area (Å²) in [5, 5.41) is 10.8. The van der Waals surface area contributed by atoms with Gasteiger partial charge in [-0.15, -0.1) is 0 Å². The van der Waals surface area contributed by atoms with Crippen molar-refractivity contribution in [2.45, 2.75) is 58.2 Å². The lowest BCUT2D eigenvalue weighted by Crippen LogP contribution is -2.51. The maximum atomic E-state index is 11.9. The van der Waals surface area contributed by atoms with E-state index < -0.39 is 11.5 Å². The van der Waals surface area contributed by atoms with Crippen LogP contribution in [0.25, 0.3) is 0 Å². The van der Waals surface area contributed by atoms with Gasteiger partial charge in [0.05, 0.1) is 24.7 Å². The third-order valence-corrected chi connectivity index (χ3v) is 3.78. The minimum absolute atomic E-state index is 0.0552. The largest absolute Gasteiger partial charge is 0.469 e. The van der Waals surface area contributed by atoms with Gasteiger partial charge >= 0.3 is 5.97 Å². The Morgan fingerprint density at radius 2 is 2.22 bits per heavy atom. The minimum Gasteiger partial charge on any atom is -0.469 e. The summed E-state index contributed by atoms with van der Waals surface area (Å²) in [4.78, 5) is 11.9. The number of aliphatic hydroxyl groups is 1. The standard InChI is InChI=1S/C14H26O4/c1-5-6-11-9-14(16,7-8-18-11)12(10(2)3)13(15)17-4/h10-12,16H,5-9H2,1-4H3. The summed E-state index contributed by atoms with van der Waals surface area (Å²) in [6.45, 7) is 6.51. The first-order valence-corrected chi connectivity index (χ1v) is 6.86. The molecular weight excluding hydrogens is 232 g/mol. The molecule has 1 N–H and O–H groups in total. The Kier molecular flexibility index (Phi) is 5.60. The Morgan fingerprint density at radius 1 is 1.56 bits per heavy atom. The molecule has 1 aliphatic heterocycles. The summed E-state index contributed by atoms with van der Waals surface area (Å²) < 4.78 is 10.5. The quantitative estimate of drug-likeness (QED) is 0.768. The van der Waals surface area contributed by atoms with Gasteiger partial charge < -0.3 is 14.6 Å².